The van der Waals surface area contributed by atoms with Gasteiger partial charge in [-0.3, -0.25) is 0 Å². The molecule has 1 heterocycles. The van der Waals surface area contributed by atoms with E-state index in [0.717, 1.165) is 22.8 Å². The Morgan fingerprint density at radius 2 is 1.76 bits per heavy atom. The maximum absolute atomic E-state index is 6.02. The number of nitrogens with zero attached hydrogens (tertiary/aromatic N) is 2. The molecule has 2 N–H and O–H groups in total. The summed E-state index contributed by atoms with van der Waals surface area (Å²) >= 11 is 6.02. The maximum atomic E-state index is 6.02. The van der Waals surface area contributed by atoms with Crippen molar-refractivity contribution in [3.05, 3.63) is 71.0 Å². The van der Waals surface area contributed by atoms with E-state index in [4.69, 9.17) is 16.3 Å². The molecule has 0 fully saturated rings. The van der Waals surface area contributed by atoms with Gasteiger partial charge in [-0.05, 0) is 42.8 Å². The van der Waals surface area contributed by atoms with E-state index in [1.165, 1.54) is 0 Å². The molecule has 0 aliphatic rings. The van der Waals surface area contributed by atoms with Crippen molar-refractivity contribution >= 4 is 28.9 Å². The van der Waals surface area contributed by atoms with Crippen molar-refractivity contribution in [3.63, 3.8) is 0 Å². The van der Waals surface area contributed by atoms with Gasteiger partial charge >= 0.3 is 0 Å². The molecule has 0 unspecified atom stereocenters. The first kappa shape index (κ1) is 17.0. The normalized spacial score (nSPS) is 10.4. The summed E-state index contributed by atoms with van der Waals surface area (Å²) < 4.78 is 5.17. The van der Waals surface area contributed by atoms with Crippen LogP contribution in [0.5, 0.6) is 5.75 Å². The third kappa shape index (κ3) is 4.84. The zero-order valence-corrected chi connectivity index (χ0v) is 14.8. The number of methoxy groups -OCH3 is 1. The van der Waals surface area contributed by atoms with Gasteiger partial charge in [0.25, 0.3) is 0 Å². The minimum absolute atomic E-state index is 0.664. The van der Waals surface area contributed by atoms with E-state index in [9.17, 15) is 0 Å². The Morgan fingerprint density at radius 1 is 1.00 bits per heavy atom. The summed E-state index contributed by atoms with van der Waals surface area (Å²) in [5.41, 5.74) is 2.02. The second-order valence-electron chi connectivity index (χ2n) is 5.52. The van der Waals surface area contributed by atoms with Gasteiger partial charge < -0.3 is 15.4 Å². The number of ether oxygens (including phenoxy) is 1. The van der Waals surface area contributed by atoms with Crippen molar-refractivity contribution < 1.29 is 4.74 Å². The average Bonchev–Trinajstić information content (AvgIpc) is 2.60. The van der Waals surface area contributed by atoms with Crippen LogP contribution in [0.1, 0.15) is 11.4 Å². The third-order valence-electron chi connectivity index (χ3n) is 3.57. The molecule has 0 bridgehead atoms. The fraction of sp³-hybridized carbons (Fsp3) is 0.158. The fourth-order valence-electron chi connectivity index (χ4n) is 2.37. The van der Waals surface area contributed by atoms with Crippen LogP contribution in [0.25, 0.3) is 0 Å². The van der Waals surface area contributed by atoms with Crippen molar-refractivity contribution in [2.45, 2.75) is 13.5 Å². The number of benzene rings is 2. The van der Waals surface area contributed by atoms with Gasteiger partial charge in [-0.25, -0.2) is 9.97 Å². The van der Waals surface area contributed by atoms with Gasteiger partial charge in [0.2, 0.25) is 0 Å². The van der Waals surface area contributed by atoms with Crippen molar-refractivity contribution in [2.75, 3.05) is 17.7 Å². The van der Waals surface area contributed by atoms with Gasteiger partial charge in [0.15, 0.2) is 0 Å². The Hall–Kier alpha value is -2.79. The lowest BCUT2D eigenvalue weighted by atomic mass is 10.2. The number of hydrogen-bond donors (Lipinski definition) is 2. The Labute approximate surface area is 152 Å². The lowest BCUT2D eigenvalue weighted by molar-refractivity contribution is 0.414. The van der Waals surface area contributed by atoms with Crippen LogP contribution in [-0.2, 0) is 6.54 Å². The van der Waals surface area contributed by atoms with E-state index in [2.05, 4.69) is 20.6 Å². The summed E-state index contributed by atoms with van der Waals surface area (Å²) in [6.45, 7) is 2.53. The predicted molar refractivity (Wildman–Crippen MR) is 102 cm³/mol. The van der Waals surface area contributed by atoms with Crippen LogP contribution in [0.3, 0.4) is 0 Å². The number of hydrogen-bond acceptors (Lipinski definition) is 5. The molecular formula is C19H19ClN4O. The standard InChI is InChI=1S/C19H19ClN4O/c1-13-22-18(21-12-14-6-8-17(25-2)9-7-14)11-19(23-13)24-16-5-3-4-15(20)10-16/h3-11H,12H2,1-2H3,(H2,21,22,23,24). The molecule has 5 nitrogen and oxygen atoms in total. The third-order valence-corrected chi connectivity index (χ3v) is 3.80. The van der Waals surface area contributed by atoms with E-state index in [1.807, 2.05) is 61.5 Å². The molecule has 3 rings (SSSR count). The molecule has 1 aromatic heterocycles. The highest BCUT2D eigenvalue weighted by Crippen LogP contribution is 2.21. The molecule has 0 saturated heterocycles. The predicted octanol–water partition coefficient (Wildman–Crippen LogP) is 4.80. The SMILES string of the molecule is COc1ccc(CNc2cc(Nc3cccc(Cl)c3)nc(C)n2)cc1. The largest absolute Gasteiger partial charge is 0.497 e. The zero-order chi connectivity index (χ0) is 17.6. The highest BCUT2D eigenvalue weighted by atomic mass is 35.5. The van der Waals surface area contributed by atoms with Gasteiger partial charge in [0.1, 0.15) is 23.2 Å². The number of rotatable bonds is 6. The van der Waals surface area contributed by atoms with Gasteiger partial charge in [0, 0.05) is 23.3 Å². The van der Waals surface area contributed by atoms with Crippen LogP contribution < -0.4 is 15.4 Å². The lowest BCUT2D eigenvalue weighted by Gasteiger charge is -2.11. The molecule has 6 heteroatoms. The zero-order valence-electron chi connectivity index (χ0n) is 14.1. The van der Waals surface area contributed by atoms with E-state index in [0.29, 0.717) is 23.2 Å². The van der Waals surface area contributed by atoms with Crippen LogP contribution in [0.2, 0.25) is 5.02 Å². The summed E-state index contributed by atoms with van der Waals surface area (Å²) in [5, 5.41) is 7.24. The molecule has 0 atom stereocenters. The second-order valence-corrected chi connectivity index (χ2v) is 5.96. The number of halogens is 1. The topological polar surface area (TPSA) is 59.1 Å². The Kier molecular flexibility index (Phi) is 5.36. The minimum Gasteiger partial charge on any atom is -0.497 e. The summed E-state index contributed by atoms with van der Waals surface area (Å²) in [5.74, 6) is 3.00. The van der Waals surface area contributed by atoms with Crippen LogP contribution >= 0.6 is 11.6 Å². The van der Waals surface area contributed by atoms with Crippen LogP contribution in [0.4, 0.5) is 17.3 Å². The first-order chi connectivity index (χ1) is 12.1. The van der Waals surface area contributed by atoms with Gasteiger partial charge in [0.05, 0.1) is 7.11 Å². The number of aryl methyl sites for hydroxylation is 1. The smallest absolute Gasteiger partial charge is 0.136 e. The van der Waals surface area contributed by atoms with Crippen LogP contribution in [-0.4, -0.2) is 17.1 Å². The molecule has 25 heavy (non-hydrogen) atoms. The van der Waals surface area contributed by atoms with Gasteiger partial charge in [-0.2, -0.15) is 0 Å². The molecule has 2 aromatic carbocycles. The highest BCUT2D eigenvalue weighted by Gasteiger charge is 2.04. The van der Waals surface area contributed by atoms with Crippen LogP contribution in [0, 0.1) is 6.92 Å². The highest BCUT2D eigenvalue weighted by molar-refractivity contribution is 6.30. The summed E-state index contributed by atoms with van der Waals surface area (Å²) in [7, 11) is 1.66. The monoisotopic (exact) mass is 354 g/mol. The number of nitrogens with one attached hydrogen (secondary N) is 2. The molecule has 0 radical (unpaired) electrons. The first-order valence-corrected chi connectivity index (χ1v) is 8.25. The molecular weight excluding hydrogens is 336 g/mol. The number of anilines is 3. The molecule has 128 valence electrons. The Balaban J connectivity index is 1.70. The van der Waals surface area contributed by atoms with E-state index in [1.54, 1.807) is 7.11 Å². The number of aromatic nitrogens is 2. The molecule has 3 aromatic rings. The molecule has 0 aliphatic carbocycles. The molecule has 0 spiro atoms. The van der Waals surface area contributed by atoms with Gasteiger partial charge in [-0.1, -0.05) is 29.8 Å². The van der Waals surface area contributed by atoms with Crippen molar-refractivity contribution in [1.29, 1.82) is 0 Å². The summed E-state index contributed by atoms with van der Waals surface area (Å²) in [4.78, 5) is 8.84. The Bertz CT molecular complexity index is 852. The van der Waals surface area contributed by atoms with E-state index < -0.39 is 0 Å². The van der Waals surface area contributed by atoms with E-state index >= 15 is 0 Å². The second kappa shape index (κ2) is 7.85. The first-order valence-electron chi connectivity index (χ1n) is 7.87. The van der Waals surface area contributed by atoms with Crippen molar-refractivity contribution in [1.82, 2.24) is 9.97 Å². The van der Waals surface area contributed by atoms with Gasteiger partial charge in [-0.15, -0.1) is 0 Å². The van der Waals surface area contributed by atoms with Crippen LogP contribution in [0.15, 0.2) is 54.6 Å². The van der Waals surface area contributed by atoms with Crippen molar-refractivity contribution in [3.8, 4) is 5.75 Å². The minimum atomic E-state index is 0.664. The molecule has 0 amide bonds. The molecule has 0 saturated carbocycles. The maximum Gasteiger partial charge on any atom is 0.136 e. The quantitative estimate of drug-likeness (QED) is 0.665. The Morgan fingerprint density at radius 3 is 2.48 bits per heavy atom. The summed E-state index contributed by atoms with van der Waals surface area (Å²) in [6, 6.07) is 17.3. The van der Waals surface area contributed by atoms with Crippen molar-refractivity contribution in [2.24, 2.45) is 0 Å². The average molecular weight is 355 g/mol. The van der Waals surface area contributed by atoms with E-state index in [-0.39, 0.29) is 0 Å². The fourth-order valence-corrected chi connectivity index (χ4v) is 2.56. The summed E-state index contributed by atoms with van der Waals surface area (Å²) in [6.07, 6.45) is 0. The molecule has 0 aliphatic heterocycles. The lowest BCUT2D eigenvalue weighted by Crippen LogP contribution is -2.05.